The van der Waals surface area contributed by atoms with Crippen LogP contribution in [0.25, 0.3) is 0 Å². The molecular formula is C9H11B. The summed E-state index contributed by atoms with van der Waals surface area (Å²) in [5.41, 5.74) is 2.51. The Kier molecular flexibility index (Phi) is 2.15. The average Bonchev–Trinajstić information content (AvgIpc) is 1.88. The summed E-state index contributed by atoms with van der Waals surface area (Å²) in [6, 6.07) is 8.20. The Balaban J connectivity index is 3.03. The van der Waals surface area contributed by atoms with E-state index in [2.05, 4.69) is 19.1 Å². The van der Waals surface area contributed by atoms with E-state index in [-0.39, 0.29) is 5.82 Å². The molecule has 0 nitrogen and oxygen atoms in total. The van der Waals surface area contributed by atoms with Gasteiger partial charge in [0.1, 0.15) is 0 Å². The quantitative estimate of drug-likeness (QED) is 0.511. The van der Waals surface area contributed by atoms with E-state index < -0.39 is 0 Å². The predicted octanol–water partition coefficient (Wildman–Crippen LogP) is 2.22. The maximum absolute atomic E-state index is 5.71. The van der Waals surface area contributed by atoms with Gasteiger partial charge in [0, 0.05) is 0 Å². The average molecular weight is 130 g/mol. The highest BCUT2D eigenvalue weighted by Gasteiger charge is 1.99. The second-order valence-electron chi connectivity index (χ2n) is 2.65. The summed E-state index contributed by atoms with van der Waals surface area (Å²) in [5, 5.41) is 0. The summed E-state index contributed by atoms with van der Waals surface area (Å²) in [6.07, 6.45) is 0. The van der Waals surface area contributed by atoms with E-state index in [1.54, 1.807) is 0 Å². The van der Waals surface area contributed by atoms with Gasteiger partial charge in [-0.2, -0.15) is 0 Å². The Hall–Kier alpha value is -0.715. The van der Waals surface area contributed by atoms with Gasteiger partial charge in [-0.1, -0.05) is 42.6 Å². The molecule has 0 saturated heterocycles. The van der Waals surface area contributed by atoms with Gasteiger partial charge in [-0.3, -0.25) is 0 Å². The molecule has 2 radical (unpaired) electrons. The van der Waals surface area contributed by atoms with E-state index >= 15 is 0 Å². The van der Waals surface area contributed by atoms with Gasteiger partial charge in [0.15, 0.2) is 0 Å². The molecule has 0 aromatic heterocycles. The first-order valence-electron chi connectivity index (χ1n) is 3.53. The Bertz CT molecular complexity index is 216. The molecule has 1 atom stereocenters. The van der Waals surface area contributed by atoms with Crippen molar-refractivity contribution in [3.63, 3.8) is 0 Å². The molecular weight excluding hydrogens is 119 g/mol. The van der Waals surface area contributed by atoms with Crippen LogP contribution >= 0.6 is 0 Å². The van der Waals surface area contributed by atoms with Gasteiger partial charge < -0.3 is 0 Å². The van der Waals surface area contributed by atoms with Crippen molar-refractivity contribution in [2.24, 2.45) is 0 Å². The molecule has 0 fully saturated rings. The standard InChI is InChI=1S/C9H11B/c1-7-5-3-4-6-9(7)8(2)10/h3-6,8H,1-2H3. The molecule has 1 heteroatoms. The lowest BCUT2D eigenvalue weighted by Crippen LogP contribution is -1.93. The molecule has 0 aliphatic rings. The molecule has 0 heterocycles. The van der Waals surface area contributed by atoms with Crippen molar-refractivity contribution < 1.29 is 0 Å². The molecule has 1 unspecified atom stereocenters. The zero-order valence-electron chi connectivity index (χ0n) is 6.46. The van der Waals surface area contributed by atoms with Gasteiger partial charge in [-0.15, -0.1) is 0 Å². The zero-order chi connectivity index (χ0) is 7.56. The van der Waals surface area contributed by atoms with Gasteiger partial charge in [0.05, 0.1) is 7.85 Å². The van der Waals surface area contributed by atoms with E-state index in [9.17, 15) is 0 Å². The lowest BCUT2D eigenvalue weighted by atomic mass is 9.81. The highest BCUT2D eigenvalue weighted by molar-refractivity contribution is 6.12. The van der Waals surface area contributed by atoms with Crippen molar-refractivity contribution >= 4 is 7.85 Å². The van der Waals surface area contributed by atoms with Crippen molar-refractivity contribution in [3.05, 3.63) is 35.4 Å². The van der Waals surface area contributed by atoms with Crippen LogP contribution in [0.3, 0.4) is 0 Å². The van der Waals surface area contributed by atoms with Crippen LogP contribution in [0.4, 0.5) is 0 Å². The van der Waals surface area contributed by atoms with Crippen molar-refractivity contribution in [3.8, 4) is 0 Å². The lowest BCUT2D eigenvalue weighted by Gasteiger charge is -2.07. The monoisotopic (exact) mass is 130 g/mol. The van der Waals surface area contributed by atoms with Gasteiger partial charge in [-0.25, -0.2) is 0 Å². The maximum Gasteiger partial charge on any atom is 0.0759 e. The van der Waals surface area contributed by atoms with E-state index in [0.29, 0.717) is 0 Å². The molecule has 0 spiro atoms. The normalized spacial score (nSPS) is 13.0. The van der Waals surface area contributed by atoms with Crippen LogP contribution in [0.15, 0.2) is 24.3 Å². The molecule has 0 amide bonds. The minimum absolute atomic E-state index is 0.154. The zero-order valence-corrected chi connectivity index (χ0v) is 6.46. The fraction of sp³-hybridized carbons (Fsp3) is 0.333. The third kappa shape index (κ3) is 1.41. The molecule has 0 N–H and O–H groups in total. The number of aryl methyl sites for hydroxylation is 1. The highest BCUT2D eigenvalue weighted by Crippen LogP contribution is 2.14. The van der Waals surface area contributed by atoms with Crippen molar-refractivity contribution in [2.75, 3.05) is 0 Å². The lowest BCUT2D eigenvalue weighted by molar-refractivity contribution is 1.06. The summed E-state index contributed by atoms with van der Waals surface area (Å²) in [7, 11) is 5.71. The summed E-state index contributed by atoms with van der Waals surface area (Å²) in [5.74, 6) is 0.154. The van der Waals surface area contributed by atoms with Crippen LogP contribution in [0.1, 0.15) is 23.9 Å². The second kappa shape index (κ2) is 2.91. The van der Waals surface area contributed by atoms with E-state index in [1.165, 1.54) is 11.1 Å². The SMILES string of the molecule is [B]C(C)c1ccccc1C. The predicted molar refractivity (Wildman–Crippen MR) is 45.3 cm³/mol. The van der Waals surface area contributed by atoms with Crippen molar-refractivity contribution in [2.45, 2.75) is 19.7 Å². The Morgan fingerprint density at radius 2 is 1.90 bits per heavy atom. The Morgan fingerprint density at radius 1 is 1.30 bits per heavy atom. The Labute approximate surface area is 63.7 Å². The summed E-state index contributed by atoms with van der Waals surface area (Å²) >= 11 is 0. The first-order chi connectivity index (χ1) is 4.72. The van der Waals surface area contributed by atoms with Gasteiger partial charge in [-0.05, 0) is 12.5 Å². The minimum atomic E-state index is 0.154. The molecule has 10 heavy (non-hydrogen) atoms. The first kappa shape index (κ1) is 7.39. The van der Waals surface area contributed by atoms with Crippen molar-refractivity contribution in [1.82, 2.24) is 0 Å². The van der Waals surface area contributed by atoms with Crippen LogP contribution in [-0.2, 0) is 0 Å². The minimum Gasteiger partial charge on any atom is -0.0664 e. The van der Waals surface area contributed by atoms with E-state index in [1.807, 2.05) is 19.1 Å². The van der Waals surface area contributed by atoms with E-state index in [0.717, 1.165) is 0 Å². The number of benzene rings is 1. The smallest absolute Gasteiger partial charge is 0.0664 e. The summed E-state index contributed by atoms with van der Waals surface area (Å²) in [6.45, 7) is 4.08. The molecule has 1 rings (SSSR count). The fourth-order valence-electron chi connectivity index (χ4n) is 1.10. The molecule has 50 valence electrons. The number of hydrogen-bond acceptors (Lipinski definition) is 0. The second-order valence-corrected chi connectivity index (χ2v) is 2.65. The van der Waals surface area contributed by atoms with Crippen LogP contribution in [0.5, 0.6) is 0 Å². The molecule has 1 aromatic carbocycles. The summed E-state index contributed by atoms with van der Waals surface area (Å²) in [4.78, 5) is 0. The Morgan fingerprint density at radius 3 is 2.30 bits per heavy atom. The van der Waals surface area contributed by atoms with E-state index in [4.69, 9.17) is 7.85 Å². The van der Waals surface area contributed by atoms with Gasteiger partial charge in [0.2, 0.25) is 0 Å². The third-order valence-corrected chi connectivity index (χ3v) is 1.68. The van der Waals surface area contributed by atoms with Gasteiger partial charge >= 0.3 is 0 Å². The molecule has 1 aromatic rings. The van der Waals surface area contributed by atoms with Crippen LogP contribution in [0, 0.1) is 6.92 Å². The third-order valence-electron chi connectivity index (χ3n) is 1.68. The molecule has 0 aliphatic carbocycles. The number of rotatable bonds is 1. The summed E-state index contributed by atoms with van der Waals surface area (Å²) < 4.78 is 0. The largest absolute Gasteiger partial charge is 0.0759 e. The van der Waals surface area contributed by atoms with Crippen LogP contribution in [0.2, 0.25) is 0 Å². The van der Waals surface area contributed by atoms with Crippen molar-refractivity contribution in [1.29, 1.82) is 0 Å². The highest BCUT2D eigenvalue weighted by atomic mass is 14.0. The molecule has 0 saturated carbocycles. The molecule has 0 bridgehead atoms. The first-order valence-corrected chi connectivity index (χ1v) is 3.53. The van der Waals surface area contributed by atoms with Crippen LogP contribution in [-0.4, -0.2) is 7.85 Å². The molecule has 0 aliphatic heterocycles. The maximum atomic E-state index is 5.71. The van der Waals surface area contributed by atoms with Crippen LogP contribution < -0.4 is 0 Å². The fourth-order valence-corrected chi connectivity index (χ4v) is 1.10. The van der Waals surface area contributed by atoms with Gasteiger partial charge in [0.25, 0.3) is 0 Å². The topological polar surface area (TPSA) is 0 Å². The number of hydrogen-bond donors (Lipinski definition) is 0.